The summed E-state index contributed by atoms with van der Waals surface area (Å²) in [6, 6.07) is 0.684. The molecule has 0 aliphatic carbocycles. The van der Waals surface area contributed by atoms with Crippen molar-refractivity contribution in [2.45, 2.75) is 60.4 Å². The molecule has 0 rings (SSSR count). The third-order valence-electron chi connectivity index (χ3n) is 3.28. The molecule has 0 bridgehead atoms. The number of hydrogen-bond donors (Lipinski definition) is 1. The predicted molar refractivity (Wildman–Crippen MR) is 65.5 cm³/mol. The normalized spacial score (nSPS) is 17.1. The van der Waals surface area contributed by atoms with Gasteiger partial charge in [-0.3, -0.25) is 0 Å². The summed E-state index contributed by atoms with van der Waals surface area (Å²) in [5.74, 6) is 1.57. The largest absolute Gasteiger partial charge is 0.317 e. The molecule has 0 radical (unpaired) electrons. The fraction of sp³-hybridized carbons (Fsp3) is 1.00. The molecule has 0 spiro atoms. The van der Waals surface area contributed by atoms with Gasteiger partial charge in [0.15, 0.2) is 0 Å². The minimum atomic E-state index is 0.437. The summed E-state index contributed by atoms with van der Waals surface area (Å²) in [6.45, 7) is 14.0. The van der Waals surface area contributed by atoms with E-state index >= 15 is 0 Å². The van der Waals surface area contributed by atoms with E-state index in [1.165, 1.54) is 12.8 Å². The molecule has 1 heteroatoms. The predicted octanol–water partition coefficient (Wildman–Crippen LogP) is 3.69. The van der Waals surface area contributed by atoms with E-state index in [0.29, 0.717) is 11.5 Å². The third-order valence-corrected chi connectivity index (χ3v) is 3.28. The van der Waals surface area contributed by atoms with Crippen molar-refractivity contribution in [2.24, 2.45) is 17.3 Å². The van der Waals surface area contributed by atoms with Gasteiger partial charge in [-0.25, -0.2) is 0 Å². The van der Waals surface area contributed by atoms with Gasteiger partial charge in [0.05, 0.1) is 0 Å². The monoisotopic (exact) mass is 199 g/mol. The first kappa shape index (κ1) is 14.0. The molecule has 86 valence electrons. The van der Waals surface area contributed by atoms with Crippen LogP contribution < -0.4 is 5.32 Å². The first-order valence-electron chi connectivity index (χ1n) is 5.94. The highest BCUT2D eigenvalue weighted by Crippen LogP contribution is 2.30. The van der Waals surface area contributed by atoms with Crippen LogP contribution in [0.2, 0.25) is 0 Å². The topological polar surface area (TPSA) is 12.0 Å². The molecule has 0 heterocycles. The second kappa shape index (κ2) is 5.75. The lowest BCUT2D eigenvalue weighted by Crippen LogP contribution is -2.32. The summed E-state index contributed by atoms with van der Waals surface area (Å²) < 4.78 is 0. The number of rotatable bonds is 5. The number of hydrogen-bond acceptors (Lipinski definition) is 1. The van der Waals surface area contributed by atoms with Crippen LogP contribution in [0.1, 0.15) is 54.4 Å². The van der Waals surface area contributed by atoms with E-state index in [1.807, 2.05) is 0 Å². The maximum Gasteiger partial charge on any atom is 0.00692 e. The smallest absolute Gasteiger partial charge is 0.00692 e. The Labute approximate surface area is 90.7 Å². The van der Waals surface area contributed by atoms with E-state index in [2.05, 4.69) is 53.9 Å². The Hall–Kier alpha value is -0.0400. The molecule has 0 aromatic heterocycles. The van der Waals surface area contributed by atoms with Gasteiger partial charge in [0.25, 0.3) is 0 Å². The summed E-state index contributed by atoms with van der Waals surface area (Å²) in [6.07, 6.45) is 2.58. The molecule has 0 saturated heterocycles. The van der Waals surface area contributed by atoms with Crippen molar-refractivity contribution >= 4 is 0 Å². The lowest BCUT2D eigenvalue weighted by Gasteiger charge is -2.31. The van der Waals surface area contributed by atoms with Crippen molar-refractivity contribution in [1.82, 2.24) is 5.32 Å². The second-order valence-electron chi connectivity index (χ2n) is 6.12. The minimum Gasteiger partial charge on any atom is -0.317 e. The molecule has 0 saturated carbocycles. The zero-order chi connectivity index (χ0) is 11.4. The van der Waals surface area contributed by atoms with E-state index in [-0.39, 0.29) is 0 Å². The Balaban J connectivity index is 4.05. The van der Waals surface area contributed by atoms with Crippen molar-refractivity contribution in [3.63, 3.8) is 0 Å². The molecule has 0 aliphatic rings. The van der Waals surface area contributed by atoms with Crippen molar-refractivity contribution < 1.29 is 0 Å². The summed E-state index contributed by atoms with van der Waals surface area (Å²) in [4.78, 5) is 0. The zero-order valence-corrected chi connectivity index (χ0v) is 11.1. The first-order chi connectivity index (χ1) is 6.27. The van der Waals surface area contributed by atoms with Gasteiger partial charge in [-0.1, -0.05) is 41.5 Å². The molecule has 1 N–H and O–H groups in total. The van der Waals surface area contributed by atoms with Crippen molar-refractivity contribution in [3.8, 4) is 0 Å². The van der Waals surface area contributed by atoms with Gasteiger partial charge in [0, 0.05) is 6.04 Å². The molecule has 1 nitrogen and oxygen atoms in total. The lowest BCUT2D eigenvalue weighted by molar-refractivity contribution is 0.216. The van der Waals surface area contributed by atoms with Crippen LogP contribution in [-0.4, -0.2) is 13.1 Å². The third kappa shape index (κ3) is 5.64. The molecule has 0 aromatic carbocycles. The molecule has 0 amide bonds. The Morgan fingerprint density at radius 2 is 1.50 bits per heavy atom. The molecule has 0 aliphatic heterocycles. The van der Waals surface area contributed by atoms with Gasteiger partial charge in [0.1, 0.15) is 0 Å². The van der Waals surface area contributed by atoms with Crippen LogP contribution in [0.3, 0.4) is 0 Å². The molecule has 2 atom stereocenters. The summed E-state index contributed by atoms with van der Waals surface area (Å²) in [7, 11) is 2.09. The van der Waals surface area contributed by atoms with Crippen LogP contribution in [0.5, 0.6) is 0 Å². The highest BCUT2D eigenvalue weighted by molar-refractivity contribution is 4.76. The van der Waals surface area contributed by atoms with Gasteiger partial charge in [-0.15, -0.1) is 0 Å². The fourth-order valence-corrected chi connectivity index (χ4v) is 1.68. The quantitative estimate of drug-likeness (QED) is 0.712. The average Bonchev–Trinajstić information content (AvgIpc) is 2.00. The van der Waals surface area contributed by atoms with Crippen LogP contribution in [0, 0.1) is 17.3 Å². The fourth-order valence-electron chi connectivity index (χ4n) is 1.68. The van der Waals surface area contributed by atoms with Crippen LogP contribution in [-0.2, 0) is 0 Å². The van der Waals surface area contributed by atoms with Crippen molar-refractivity contribution in [1.29, 1.82) is 0 Å². The van der Waals surface area contributed by atoms with Gasteiger partial charge in [0.2, 0.25) is 0 Å². The molecule has 14 heavy (non-hydrogen) atoms. The minimum absolute atomic E-state index is 0.437. The molecule has 0 aromatic rings. The molecular formula is C13H29N. The Kier molecular flexibility index (Phi) is 5.73. The summed E-state index contributed by atoms with van der Waals surface area (Å²) in [5, 5.41) is 3.44. The lowest BCUT2D eigenvalue weighted by atomic mass is 9.77. The number of nitrogens with one attached hydrogen (secondary N) is 1. The zero-order valence-electron chi connectivity index (χ0n) is 11.1. The van der Waals surface area contributed by atoms with Crippen molar-refractivity contribution in [3.05, 3.63) is 0 Å². The Bertz CT molecular complexity index is 144. The molecular weight excluding hydrogens is 170 g/mol. The first-order valence-corrected chi connectivity index (χ1v) is 5.94. The van der Waals surface area contributed by atoms with Crippen molar-refractivity contribution in [2.75, 3.05) is 7.05 Å². The summed E-state index contributed by atoms with van der Waals surface area (Å²) >= 11 is 0. The van der Waals surface area contributed by atoms with Crippen LogP contribution >= 0.6 is 0 Å². The second-order valence-corrected chi connectivity index (χ2v) is 6.12. The van der Waals surface area contributed by atoms with E-state index in [1.54, 1.807) is 0 Å². The highest BCUT2D eigenvalue weighted by atomic mass is 14.9. The standard InChI is InChI=1S/C13H29N/c1-10(2)8-12(14-7)9-11(3)13(4,5)6/h10-12,14H,8-9H2,1-7H3. The average molecular weight is 199 g/mol. The van der Waals surface area contributed by atoms with Gasteiger partial charge >= 0.3 is 0 Å². The van der Waals surface area contributed by atoms with Crippen LogP contribution in [0.15, 0.2) is 0 Å². The Morgan fingerprint density at radius 3 is 1.79 bits per heavy atom. The maximum atomic E-state index is 3.44. The SMILES string of the molecule is CNC(CC(C)C)CC(C)C(C)(C)C. The highest BCUT2D eigenvalue weighted by Gasteiger charge is 2.23. The van der Waals surface area contributed by atoms with E-state index < -0.39 is 0 Å². The van der Waals surface area contributed by atoms with E-state index in [0.717, 1.165) is 11.8 Å². The van der Waals surface area contributed by atoms with Gasteiger partial charge in [-0.05, 0) is 37.1 Å². The molecule has 2 unspecified atom stereocenters. The van der Waals surface area contributed by atoms with Gasteiger partial charge in [-0.2, -0.15) is 0 Å². The molecule has 0 fully saturated rings. The van der Waals surface area contributed by atoms with Crippen LogP contribution in [0.4, 0.5) is 0 Å². The van der Waals surface area contributed by atoms with Gasteiger partial charge < -0.3 is 5.32 Å². The maximum absolute atomic E-state index is 3.44. The van der Waals surface area contributed by atoms with E-state index in [4.69, 9.17) is 0 Å². The summed E-state index contributed by atoms with van der Waals surface area (Å²) in [5.41, 5.74) is 0.437. The Morgan fingerprint density at radius 1 is 1.00 bits per heavy atom. The van der Waals surface area contributed by atoms with Crippen LogP contribution in [0.25, 0.3) is 0 Å². The van der Waals surface area contributed by atoms with E-state index in [9.17, 15) is 0 Å².